The molecule has 2 rings (SSSR count). The predicted octanol–water partition coefficient (Wildman–Crippen LogP) is 3.05. The zero-order chi connectivity index (χ0) is 13.3. The lowest BCUT2D eigenvalue weighted by Crippen LogP contribution is -2.14. The monoisotopic (exact) mass is 307 g/mol. The fourth-order valence-corrected chi connectivity index (χ4v) is 2.23. The summed E-state index contributed by atoms with van der Waals surface area (Å²) >= 11 is 3.40. The highest BCUT2D eigenvalue weighted by Gasteiger charge is 2.17. The van der Waals surface area contributed by atoms with Gasteiger partial charge in [0.25, 0.3) is 5.91 Å². The van der Waals surface area contributed by atoms with E-state index < -0.39 is 0 Å². The Morgan fingerprint density at radius 1 is 1.33 bits per heavy atom. The van der Waals surface area contributed by atoms with Crippen molar-refractivity contribution < 1.29 is 4.79 Å². The van der Waals surface area contributed by atoms with Crippen LogP contribution < -0.4 is 5.32 Å². The molecular weight excluding hydrogens is 294 g/mol. The molecule has 1 N–H and O–H groups in total. The number of halogens is 1. The smallest absolute Gasteiger partial charge is 0.259 e. The van der Waals surface area contributed by atoms with Gasteiger partial charge >= 0.3 is 0 Å². The zero-order valence-corrected chi connectivity index (χ0v) is 12.1. The van der Waals surface area contributed by atoms with E-state index in [9.17, 15) is 4.79 Å². The third-order valence-corrected chi connectivity index (χ3v) is 3.55. The quantitative estimate of drug-likeness (QED) is 0.927. The van der Waals surface area contributed by atoms with Crippen LogP contribution in [0.2, 0.25) is 0 Å². The minimum Gasteiger partial charge on any atom is -0.321 e. The molecule has 0 aliphatic heterocycles. The van der Waals surface area contributed by atoms with E-state index in [1.54, 1.807) is 4.68 Å². The Kier molecular flexibility index (Phi) is 3.52. The SMILES string of the molecule is Cc1nn(C)c(C)c1C(=O)Nc1ccccc1Br. The van der Waals surface area contributed by atoms with Gasteiger partial charge < -0.3 is 5.32 Å². The Balaban J connectivity index is 2.31. The molecule has 0 saturated heterocycles. The lowest BCUT2D eigenvalue weighted by Gasteiger charge is -2.07. The number of para-hydroxylation sites is 1. The molecule has 0 unspecified atom stereocenters. The van der Waals surface area contributed by atoms with Crippen LogP contribution >= 0.6 is 15.9 Å². The summed E-state index contributed by atoms with van der Waals surface area (Å²) in [5, 5.41) is 7.12. The van der Waals surface area contributed by atoms with E-state index in [4.69, 9.17) is 0 Å². The molecule has 2 aromatic rings. The van der Waals surface area contributed by atoms with Crippen LogP contribution in [0.5, 0.6) is 0 Å². The van der Waals surface area contributed by atoms with Gasteiger partial charge in [-0.2, -0.15) is 5.10 Å². The number of rotatable bonds is 2. The molecule has 0 fully saturated rings. The van der Waals surface area contributed by atoms with Crippen LogP contribution in [0.3, 0.4) is 0 Å². The van der Waals surface area contributed by atoms with Gasteiger partial charge in [0.15, 0.2) is 0 Å². The van der Waals surface area contributed by atoms with E-state index >= 15 is 0 Å². The standard InChI is InChI=1S/C13H14BrN3O/c1-8-12(9(2)17(3)16-8)13(18)15-11-7-5-4-6-10(11)14/h4-7H,1-3H3,(H,15,18). The summed E-state index contributed by atoms with van der Waals surface area (Å²) in [4.78, 5) is 12.2. The summed E-state index contributed by atoms with van der Waals surface area (Å²) in [6, 6.07) is 7.52. The largest absolute Gasteiger partial charge is 0.321 e. The van der Waals surface area contributed by atoms with Gasteiger partial charge in [-0.1, -0.05) is 12.1 Å². The van der Waals surface area contributed by atoms with Crippen molar-refractivity contribution in [2.75, 3.05) is 5.32 Å². The Morgan fingerprint density at radius 3 is 2.56 bits per heavy atom. The Labute approximate surface area is 114 Å². The summed E-state index contributed by atoms with van der Waals surface area (Å²) in [6.07, 6.45) is 0. The second-order valence-corrected chi connectivity index (χ2v) is 4.96. The molecule has 0 saturated carbocycles. The Bertz CT molecular complexity index is 604. The molecule has 1 aromatic heterocycles. The molecule has 0 bridgehead atoms. The maximum absolute atomic E-state index is 12.2. The molecule has 1 aromatic carbocycles. The number of carbonyl (C=O) groups is 1. The minimum absolute atomic E-state index is 0.134. The van der Waals surface area contributed by atoms with Crippen molar-refractivity contribution in [3.8, 4) is 0 Å². The first-order valence-corrected chi connectivity index (χ1v) is 6.36. The second-order valence-electron chi connectivity index (χ2n) is 4.10. The molecule has 5 heteroatoms. The average molecular weight is 308 g/mol. The number of amides is 1. The first-order valence-electron chi connectivity index (χ1n) is 5.56. The van der Waals surface area contributed by atoms with Crippen LogP contribution in [-0.2, 0) is 7.05 Å². The molecule has 18 heavy (non-hydrogen) atoms. The molecule has 0 aliphatic carbocycles. The normalized spacial score (nSPS) is 10.4. The van der Waals surface area contributed by atoms with Crippen LogP contribution in [0, 0.1) is 13.8 Å². The number of benzene rings is 1. The third-order valence-electron chi connectivity index (χ3n) is 2.86. The topological polar surface area (TPSA) is 46.9 Å². The maximum Gasteiger partial charge on any atom is 0.259 e. The highest BCUT2D eigenvalue weighted by atomic mass is 79.9. The lowest BCUT2D eigenvalue weighted by atomic mass is 10.2. The van der Waals surface area contributed by atoms with E-state index in [0.717, 1.165) is 21.5 Å². The van der Waals surface area contributed by atoms with Crippen molar-refractivity contribution in [3.05, 3.63) is 45.7 Å². The van der Waals surface area contributed by atoms with Crippen LogP contribution in [0.1, 0.15) is 21.7 Å². The van der Waals surface area contributed by atoms with Gasteiger partial charge in [0.1, 0.15) is 0 Å². The zero-order valence-electron chi connectivity index (χ0n) is 10.5. The van der Waals surface area contributed by atoms with Crippen molar-refractivity contribution in [1.82, 2.24) is 9.78 Å². The van der Waals surface area contributed by atoms with Gasteiger partial charge in [-0.3, -0.25) is 9.48 Å². The summed E-state index contributed by atoms with van der Waals surface area (Å²) in [5.74, 6) is -0.134. The minimum atomic E-state index is -0.134. The second kappa shape index (κ2) is 4.94. The van der Waals surface area contributed by atoms with Crippen molar-refractivity contribution in [1.29, 1.82) is 0 Å². The number of hydrogen-bond acceptors (Lipinski definition) is 2. The number of aromatic nitrogens is 2. The lowest BCUT2D eigenvalue weighted by molar-refractivity contribution is 0.102. The number of aryl methyl sites for hydroxylation is 2. The van der Waals surface area contributed by atoms with Gasteiger partial charge in [0, 0.05) is 17.2 Å². The highest BCUT2D eigenvalue weighted by Crippen LogP contribution is 2.23. The van der Waals surface area contributed by atoms with Crippen molar-refractivity contribution >= 4 is 27.5 Å². The van der Waals surface area contributed by atoms with Gasteiger partial charge in [0.2, 0.25) is 0 Å². The van der Waals surface area contributed by atoms with Crippen LogP contribution in [0.4, 0.5) is 5.69 Å². The third kappa shape index (κ3) is 2.31. The van der Waals surface area contributed by atoms with Crippen LogP contribution in [-0.4, -0.2) is 15.7 Å². The predicted molar refractivity (Wildman–Crippen MR) is 74.8 cm³/mol. The van der Waals surface area contributed by atoms with E-state index in [-0.39, 0.29) is 5.91 Å². The molecular formula is C13H14BrN3O. The van der Waals surface area contributed by atoms with E-state index in [1.165, 1.54) is 0 Å². The fraction of sp³-hybridized carbons (Fsp3) is 0.231. The van der Waals surface area contributed by atoms with Crippen LogP contribution in [0.15, 0.2) is 28.7 Å². The summed E-state index contributed by atoms with van der Waals surface area (Å²) in [6.45, 7) is 3.72. The number of hydrogen-bond donors (Lipinski definition) is 1. The van der Waals surface area contributed by atoms with Gasteiger partial charge in [-0.05, 0) is 41.9 Å². The number of carbonyl (C=O) groups excluding carboxylic acids is 1. The van der Waals surface area contributed by atoms with E-state index in [1.807, 2.05) is 45.2 Å². The molecule has 0 atom stereocenters. The first-order chi connectivity index (χ1) is 8.50. The van der Waals surface area contributed by atoms with Crippen molar-refractivity contribution in [2.24, 2.45) is 7.05 Å². The van der Waals surface area contributed by atoms with Gasteiger partial charge in [0.05, 0.1) is 16.9 Å². The van der Waals surface area contributed by atoms with Gasteiger partial charge in [-0.25, -0.2) is 0 Å². The molecule has 1 heterocycles. The average Bonchev–Trinajstić information content (AvgIpc) is 2.56. The number of anilines is 1. The van der Waals surface area contributed by atoms with Crippen LogP contribution in [0.25, 0.3) is 0 Å². The molecule has 94 valence electrons. The highest BCUT2D eigenvalue weighted by molar-refractivity contribution is 9.10. The number of nitrogens with zero attached hydrogens (tertiary/aromatic N) is 2. The molecule has 1 amide bonds. The number of nitrogens with one attached hydrogen (secondary N) is 1. The first kappa shape index (κ1) is 12.8. The summed E-state index contributed by atoms with van der Waals surface area (Å²) in [7, 11) is 1.83. The van der Waals surface area contributed by atoms with E-state index in [0.29, 0.717) is 5.56 Å². The molecule has 0 spiro atoms. The summed E-state index contributed by atoms with van der Waals surface area (Å²) in [5.41, 5.74) is 2.98. The van der Waals surface area contributed by atoms with Gasteiger partial charge in [-0.15, -0.1) is 0 Å². The Hall–Kier alpha value is -1.62. The molecule has 0 radical (unpaired) electrons. The molecule has 4 nitrogen and oxygen atoms in total. The summed E-state index contributed by atoms with van der Waals surface area (Å²) < 4.78 is 2.57. The Morgan fingerprint density at radius 2 is 2.00 bits per heavy atom. The van der Waals surface area contributed by atoms with Crippen molar-refractivity contribution in [2.45, 2.75) is 13.8 Å². The fourth-order valence-electron chi connectivity index (χ4n) is 1.85. The van der Waals surface area contributed by atoms with Crippen molar-refractivity contribution in [3.63, 3.8) is 0 Å². The van der Waals surface area contributed by atoms with E-state index in [2.05, 4.69) is 26.3 Å². The maximum atomic E-state index is 12.2. The molecule has 0 aliphatic rings.